The summed E-state index contributed by atoms with van der Waals surface area (Å²) in [6.07, 6.45) is 2.31. The molecule has 2 aromatic rings. The average molecular weight is 491 g/mol. The third-order valence-electron chi connectivity index (χ3n) is 6.37. The van der Waals surface area contributed by atoms with Gasteiger partial charge >= 0.3 is 0 Å². The lowest BCUT2D eigenvalue weighted by atomic mass is 10.1. The standard InChI is InChI=1S/C24H34N4O5S/c1-30-21-13-17-12-18(23(29)26-20(17)14-22(21)31-2)16-28(6-5-27-7-10-32-11-8-27)24(34)25-15-19-4-3-9-33-19/h12-14,19H,3-11,15-16H2,1-2H3,(H,25,34)(H,26,29)/t19-/m0/s1. The van der Waals surface area contributed by atoms with Gasteiger partial charge in [0, 0.05) is 56.3 Å². The summed E-state index contributed by atoms with van der Waals surface area (Å²) in [5.41, 5.74) is 1.20. The van der Waals surface area contributed by atoms with E-state index in [2.05, 4.69) is 20.1 Å². The maximum Gasteiger partial charge on any atom is 0.253 e. The predicted octanol–water partition coefficient (Wildman–Crippen LogP) is 1.73. The number of hydrogen-bond donors (Lipinski definition) is 2. The van der Waals surface area contributed by atoms with Crippen molar-refractivity contribution in [2.45, 2.75) is 25.5 Å². The molecule has 2 N–H and O–H groups in total. The molecule has 0 radical (unpaired) electrons. The van der Waals surface area contributed by atoms with E-state index in [4.69, 9.17) is 31.2 Å². The van der Waals surface area contributed by atoms with E-state index in [1.807, 2.05) is 12.1 Å². The van der Waals surface area contributed by atoms with Crippen LogP contribution in [0.5, 0.6) is 11.5 Å². The molecule has 1 aromatic heterocycles. The van der Waals surface area contributed by atoms with Gasteiger partial charge in [0.2, 0.25) is 0 Å². The van der Waals surface area contributed by atoms with Gasteiger partial charge in [0.05, 0.1) is 45.6 Å². The largest absolute Gasteiger partial charge is 0.493 e. The minimum absolute atomic E-state index is 0.141. The molecule has 4 rings (SSSR count). The molecule has 0 saturated carbocycles. The van der Waals surface area contributed by atoms with Crippen LogP contribution in [0.1, 0.15) is 18.4 Å². The molecule has 0 bridgehead atoms. The summed E-state index contributed by atoms with van der Waals surface area (Å²) in [6.45, 7) is 6.75. The van der Waals surface area contributed by atoms with Crippen molar-refractivity contribution < 1.29 is 18.9 Å². The number of fused-ring (bicyclic) bond motifs is 1. The molecule has 0 aliphatic carbocycles. The summed E-state index contributed by atoms with van der Waals surface area (Å²) in [5, 5.41) is 4.87. The highest BCUT2D eigenvalue weighted by Gasteiger charge is 2.20. The first-order chi connectivity index (χ1) is 16.6. The Morgan fingerprint density at radius 3 is 2.68 bits per heavy atom. The third kappa shape index (κ3) is 6.18. The molecule has 34 heavy (non-hydrogen) atoms. The number of H-pyrrole nitrogens is 1. The van der Waals surface area contributed by atoms with Gasteiger partial charge in [0.25, 0.3) is 5.56 Å². The monoisotopic (exact) mass is 490 g/mol. The first-order valence-electron chi connectivity index (χ1n) is 11.8. The Bertz CT molecular complexity index is 1030. The quantitative estimate of drug-likeness (QED) is 0.510. The van der Waals surface area contributed by atoms with Crippen molar-refractivity contribution in [2.24, 2.45) is 0 Å². The van der Waals surface area contributed by atoms with Crippen molar-refractivity contribution in [3.8, 4) is 11.5 Å². The number of ether oxygens (including phenoxy) is 4. The van der Waals surface area contributed by atoms with E-state index >= 15 is 0 Å². The van der Waals surface area contributed by atoms with Crippen LogP contribution in [0, 0.1) is 0 Å². The van der Waals surface area contributed by atoms with E-state index in [1.54, 1.807) is 20.3 Å². The summed E-state index contributed by atoms with van der Waals surface area (Å²) in [4.78, 5) is 20.4. The van der Waals surface area contributed by atoms with E-state index < -0.39 is 0 Å². The average Bonchev–Trinajstić information content (AvgIpc) is 3.39. The van der Waals surface area contributed by atoms with E-state index in [-0.39, 0.29) is 11.7 Å². The van der Waals surface area contributed by atoms with Gasteiger partial charge in [-0.1, -0.05) is 0 Å². The Hall–Kier alpha value is -2.40. The smallest absolute Gasteiger partial charge is 0.253 e. The second-order valence-corrected chi connectivity index (χ2v) is 9.00. The SMILES string of the molecule is COc1cc2cc(CN(CCN3CCOCC3)C(=S)NC[C@@H]3CCCO3)c(=O)[nH]c2cc1OC. The Morgan fingerprint density at radius 1 is 1.21 bits per heavy atom. The van der Waals surface area contributed by atoms with E-state index in [9.17, 15) is 4.79 Å². The van der Waals surface area contributed by atoms with Crippen LogP contribution in [0.15, 0.2) is 23.0 Å². The molecule has 2 aliphatic heterocycles. The molecule has 1 aromatic carbocycles. The Balaban J connectivity index is 1.52. The fourth-order valence-corrected chi connectivity index (χ4v) is 4.60. The molecule has 0 amide bonds. The highest BCUT2D eigenvalue weighted by atomic mass is 32.1. The fourth-order valence-electron chi connectivity index (χ4n) is 4.36. The zero-order valence-corrected chi connectivity index (χ0v) is 20.7. The molecular weight excluding hydrogens is 456 g/mol. The molecule has 0 unspecified atom stereocenters. The maximum atomic E-state index is 13.0. The number of thiocarbonyl (C=S) groups is 1. The summed E-state index contributed by atoms with van der Waals surface area (Å²) in [7, 11) is 3.18. The van der Waals surface area contributed by atoms with Crippen LogP contribution in [0.3, 0.4) is 0 Å². The van der Waals surface area contributed by atoms with Crippen LogP contribution >= 0.6 is 12.2 Å². The van der Waals surface area contributed by atoms with Gasteiger partial charge in [-0.2, -0.15) is 0 Å². The molecule has 0 spiro atoms. The summed E-state index contributed by atoms with van der Waals surface area (Å²) < 4.78 is 22.0. The number of rotatable bonds is 9. The lowest BCUT2D eigenvalue weighted by Crippen LogP contribution is -2.47. The molecule has 10 heteroatoms. The van der Waals surface area contributed by atoms with Gasteiger partial charge in [0.1, 0.15) is 0 Å². The van der Waals surface area contributed by atoms with E-state index in [0.717, 1.165) is 57.7 Å². The first-order valence-corrected chi connectivity index (χ1v) is 12.2. The second kappa shape index (κ2) is 11.8. The molecule has 3 heterocycles. The summed E-state index contributed by atoms with van der Waals surface area (Å²) >= 11 is 5.75. The van der Waals surface area contributed by atoms with Crippen molar-refractivity contribution in [1.29, 1.82) is 0 Å². The molecule has 2 aliphatic rings. The number of nitrogens with one attached hydrogen (secondary N) is 2. The number of aromatic nitrogens is 1. The number of benzene rings is 1. The van der Waals surface area contributed by atoms with Crippen LogP contribution in [0.25, 0.3) is 10.9 Å². The maximum absolute atomic E-state index is 13.0. The molecule has 2 fully saturated rings. The van der Waals surface area contributed by atoms with Gasteiger partial charge in [-0.05, 0) is 37.2 Å². The van der Waals surface area contributed by atoms with Gasteiger partial charge in [0.15, 0.2) is 16.6 Å². The summed E-state index contributed by atoms with van der Waals surface area (Å²) in [6, 6.07) is 5.56. The molecular formula is C24H34N4O5S. The zero-order valence-electron chi connectivity index (χ0n) is 19.9. The number of morpholine rings is 1. The van der Waals surface area contributed by atoms with Gasteiger partial charge in [-0.15, -0.1) is 0 Å². The van der Waals surface area contributed by atoms with Crippen LogP contribution in [-0.4, -0.2) is 92.8 Å². The van der Waals surface area contributed by atoms with Crippen molar-refractivity contribution in [3.05, 3.63) is 34.1 Å². The number of nitrogens with zero attached hydrogens (tertiary/aromatic N) is 2. The highest BCUT2D eigenvalue weighted by molar-refractivity contribution is 7.80. The van der Waals surface area contributed by atoms with Crippen LogP contribution in [-0.2, 0) is 16.0 Å². The normalized spacial score (nSPS) is 18.7. The van der Waals surface area contributed by atoms with Gasteiger partial charge in [-0.3, -0.25) is 9.69 Å². The minimum atomic E-state index is -0.141. The molecule has 9 nitrogen and oxygen atoms in total. The number of aromatic amines is 1. The number of methoxy groups -OCH3 is 2. The molecule has 2 saturated heterocycles. The Labute approximate surface area is 205 Å². The van der Waals surface area contributed by atoms with Crippen molar-refractivity contribution in [1.82, 2.24) is 20.1 Å². The Kier molecular flexibility index (Phi) is 8.60. The van der Waals surface area contributed by atoms with Crippen LogP contribution in [0.4, 0.5) is 0 Å². The Morgan fingerprint density at radius 2 is 1.97 bits per heavy atom. The fraction of sp³-hybridized carbons (Fsp3) is 0.583. The zero-order chi connectivity index (χ0) is 23.9. The topological polar surface area (TPSA) is 88.3 Å². The third-order valence-corrected chi connectivity index (χ3v) is 6.77. The van der Waals surface area contributed by atoms with Gasteiger partial charge < -0.3 is 34.1 Å². The predicted molar refractivity (Wildman–Crippen MR) is 135 cm³/mol. The number of hydrogen-bond acceptors (Lipinski definition) is 7. The first kappa shape index (κ1) is 24.7. The molecule has 186 valence electrons. The van der Waals surface area contributed by atoms with Crippen LogP contribution < -0.4 is 20.3 Å². The minimum Gasteiger partial charge on any atom is -0.493 e. The van der Waals surface area contributed by atoms with Gasteiger partial charge in [-0.25, -0.2) is 0 Å². The van der Waals surface area contributed by atoms with Crippen molar-refractivity contribution in [3.63, 3.8) is 0 Å². The van der Waals surface area contributed by atoms with Crippen molar-refractivity contribution in [2.75, 3.05) is 66.8 Å². The lowest BCUT2D eigenvalue weighted by Gasteiger charge is -2.31. The lowest BCUT2D eigenvalue weighted by molar-refractivity contribution is 0.0356. The van der Waals surface area contributed by atoms with E-state index in [0.29, 0.717) is 47.3 Å². The van der Waals surface area contributed by atoms with Crippen LogP contribution in [0.2, 0.25) is 0 Å². The summed E-state index contributed by atoms with van der Waals surface area (Å²) in [5.74, 6) is 1.19. The van der Waals surface area contributed by atoms with Crippen molar-refractivity contribution >= 4 is 28.2 Å². The highest BCUT2D eigenvalue weighted by Crippen LogP contribution is 2.31. The molecule has 1 atom stereocenters. The van der Waals surface area contributed by atoms with E-state index in [1.165, 1.54) is 0 Å². The number of pyridine rings is 1. The second-order valence-electron chi connectivity index (χ2n) is 8.61.